The summed E-state index contributed by atoms with van der Waals surface area (Å²) in [5.74, 6) is 0.659. The summed E-state index contributed by atoms with van der Waals surface area (Å²) in [6.07, 6.45) is 1.82. The lowest BCUT2D eigenvalue weighted by Crippen LogP contribution is -2.20. The molecule has 0 aromatic heterocycles. The SMILES string of the molecule is COc1cc(/C=C(/C#N)c2cccc3ccccc23)ccc1OCC(=O)Nc1ccc(C)cc1. The number of benzene rings is 4. The van der Waals surface area contributed by atoms with Crippen molar-refractivity contribution < 1.29 is 14.3 Å². The average Bonchev–Trinajstić information content (AvgIpc) is 2.87. The highest BCUT2D eigenvalue weighted by Gasteiger charge is 2.11. The van der Waals surface area contributed by atoms with Crippen LogP contribution in [0.1, 0.15) is 16.7 Å². The number of hydrogen-bond acceptors (Lipinski definition) is 4. The molecule has 1 N–H and O–H groups in total. The number of rotatable bonds is 7. The number of aryl methyl sites for hydroxylation is 1. The summed E-state index contributed by atoms with van der Waals surface area (Å²) in [5, 5.41) is 14.7. The highest BCUT2D eigenvalue weighted by molar-refractivity contribution is 6.01. The summed E-state index contributed by atoms with van der Waals surface area (Å²) in [7, 11) is 1.54. The lowest BCUT2D eigenvalue weighted by Gasteiger charge is -2.12. The number of methoxy groups -OCH3 is 1. The highest BCUT2D eigenvalue weighted by atomic mass is 16.5. The van der Waals surface area contributed by atoms with Gasteiger partial charge in [-0.1, -0.05) is 66.2 Å². The van der Waals surface area contributed by atoms with Crippen LogP contribution in [-0.2, 0) is 4.79 Å². The van der Waals surface area contributed by atoms with Gasteiger partial charge in [0, 0.05) is 11.3 Å². The maximum atomic E-state index is 12.3. The molecule has 34 heavy (non-hydrogen) atoms. The Labute approximate surface area is 198 Å². The van der Waals surface area contributed by atoms with Crippen LogP contribution in [-0.4, -0.2) is 19.6 Å². The molecule has 5 heteroatoms. The number of anilines is 1. The highest BCUT2D eigenvalue weighted by Crippen LogP contribution is 2.31. The molecule has 0 unspecified atom stereocenters. The van der Waals surface area contributed by atoms with E-state index >= 15 is 0 Å². The average molecular weight is 449 g/mol. The third-order valence-electron chi connectivity index (χ3n) is 5.39. The number of nitrogens with zero attached hydrogens (tertiary/aromatic N) is 1. The van der Waals surface area contributed by atoms with Gasteiger partial charge in [-0.05, 0) is 53.6 Å². The van der Waals surface area contributed by atoms with Crippen molar-refractivity contribution in [2.24, 2.45) is 0 Å². The van der Waals surface area contributed by atoms with Gasteiger partial charge in [-0.3, -0.25) is 4.79 Å². The zero-order valence-electron chi connectivity index (χ0n) is 19.0. The second-order valence-electron chi connectivity index (χ2n) is 7.81. The molecule has 0 spiro atoms. The first kappa shape index (κ1) is 22.6. The monoisotopic (exact) mass is 448 g/mol. The lowest BCUT2D eigenvalue weighted by atomic mass is 9.97. The van der Waals surface area contributed by atoms with E-state index < -0.39 is 0 Å². The third kappa shape index (κ3) is 5.25. The fraction of sp³-hybridized carbons (Fsp3) is 0.103. The van der Waals surface area contributed by atoms with Crippen molar-refractivity contribution in [1.82, 2.24) is 0 Å². The third-order valence-corrected chi connectivity index (χ3v) is 5.39. The summed E-state index contributed by atoms with van der Waals surface area (Å²) in [6, 6.07) is 29.1. The van der Waals surface area contributed by atoms with Gasteiger partial charge in [0.15, 0.2) is 18.1 Å². The topological polar surface area (TPSA) is 71.3 Å². The van der Waals surface area contributed by atoms with E-state index in [9.17, 15) is 10.1 Å². The zero-order chi connectivity index (χ0) is 23.9. The summed E-state index contributed by atoms with van der Waals surface area (Å²) in [4.78, 5) is 12.3. The quantitative estimate of drug-likeness (QED) is 0.268. The van der Waals surface area contributed by atoms with Gasteiger partial charge < -0.3 is 14.8 Å². The van der Waals surface area contributed by atoms with E-state index in [0.717, 1.165) is 27.5 Å². The number of fused-ring (bicyclic) bond motifs is 1. The molecule has 0 saturated heterocycles. The first-order valence-corrected chi connectivity index (χ1v) is 10.8. The number of allylic oxidation sites excluding steroid dienone is 1. The molecule has 0 aliphatic rings. The normalized spacial score (nSPS) is 11.0. The van der Waals surface area contributed by atoms with Gasteiger partial charge in [0.05, 0.1) is 18.8 Å². The molecule has 0 saturated carbocycles. The number of carbonyl (C=O) groups is 1. The Kier molecular flexibility index (Phi) is 6.90. The van der Waals surface area contributed by atoms with Crippen LogP contribution in [0.3, 0.4) is 0 Å². The molecule has 0 aliphatic heterocycles. The number of carbonyl (C=O) groups excluding carboxylic acids is 1. The molecule has 0 atom stereocenters. The summed E-state index contributed by atoms with van der Waals surface area (Å²) in [6.45, 7) is 1.83. The van der Waals surface area contributed by atoms with Gasteiger partial charge >= 0.3 is 0 Å². The maximum absolute atomic E-state index is 12.3. The van der Waals surface area contributed by atoms with Gasteiger partial charge in [-0.2, -0.15) is 5.26 Å². The van der Waals surface area contributed by atoms with Crippen molar-refractivity contribution in [3.63, 3.8) is 0 Å². The Morgan fingerprint density at radius 3 is 2.50 bits per heavy atom. The summed E-state index contributed by atoms with van der Waals surface area (Å²) < 4.78 is 11.2. The second kappa shape index (κ2) is 10.4. The van der Waals surface area contributed by atoms with E-state index in [1.54, 1.807) is 12.1 Å². The van der Waals surface area contributed by atoms with Gasteiger partial charge in [-0.25, -0.2) is 0 Å². The Balaban J connectivity index is 1.52. The predicted molar refractivity (Wildman–Crippen MR) is 136 cm³/mol. The Morgan fingerprint density at radius 2 is 1.74 bits per heavy atom. The molecule has 4 aromatic carbocycles. The lowest BCUT2D eigenvalue weighted by molar-refractivity contribution is -0.118. The zero-order valence-corrected chi connectivity index (χ0v) is 19.0. The maximum Gasteiger partial charge on any atom is 0.262 e. The minimum absolute atomic E-state index is 0.154. The van der Waals surface area contributed by atoms with E-state index in [2.05, 4.69) is 11.4 Å². The fourth-order valence-electron chi connectivity index (χ4n) is 3.67. The molecular weight excluding hydrogens is 424 g/mol. The molecule has 0 aliphatic carbocycles. The van der Waals surface area contributed by atoms with Crippen LogP contribution >= 0.6 is 0 Å². The Hall–Kier alpha value is -4.56. The van der Waals surface area contributed by atoms with E-state index in [1.807, 2.05) is 85.8 Å². The minimum atomic E-state index is -0.266. The number of amides is 1. The summed E-state index contributed by atoms with van der Waals surface area (Å²) >= 11 is 0. The first-order chi connectivity index (χ1) is 16.6. The summed E-state index contributed by atoms with van der Waals surface area (Å²) in [5.41, 5.74) is 4.03. The van der Waals surface area contributed by atoms with Crippen molar-refractivity contribution in [3.05, 3.63) is 102 Å². The van der Waals surface area contributed by atoms with Crippen LogP contribution in [0.5, 0.6) is 11.5 Å². The molecule has 4 aromatic rings. The molecule has 0 bridgehead atoms. The smallest absolute Gasteiger partial charge is 0.262 e. The van der Waals surface area contributed by atoms with Crippen LogP contribution in [0, 0.1) is 18.3 Å². The molecule has 1 amide bonds. The van der Waals surface area contributed by atoms with E-state index in [4.69, 9.17) is 9.47 Å². The van der Waals surface area contributed by atoms with Gasteiger partial charge in [0.25, 0.3) is 5.91 Å². The second-order valence-corrected chi connectivity index (χ2v) is 7.81. The number of nitrogens with one attached hydrogen (secondary N) is 1. The molecular formula is C29H24N2O3. The fourth-order valence-corrected chi connectivity index (χ4v) is 3.67. The predicted octanol–water partition coefficient (Wildman–Crippen LogP) is 6.24. The number of nitriles is 1. The Bertz CT molecular complexity index is 1390. The van der Waals surface area contributed by atoms with Crippen LogP contribution < -0.4 is 14.8 Å². The molecule has 5 nitrogen and oxygen atoms in total. The van der Waals surface area contributed by atoms with Gasteiger partial charge in [0.2, 0.25) is 0 Å². The number of ether oxygens (including phenoxy) is 2. The largest absolute Gasteiger partial charge is 0.493 e. The van der Waals surface area contributed by atoms with E-state index in [-0.39, 0.29) is 12.5 Å². The molecule has 4 rings (SSSR count). The van der Waals surface area contributed by atoms with E-state index in [0.29, 0.717) is 22.8 Å². The Morgan fingerprint density at radius 1 is 0.971 bits per heavy atom. The van der Waals surface area contributed by atoms with E-state index in [1.165, 1.54) is 7.11 Å². The van der Waals surface area contributed by atoms with Crippen molar-refractivity contribution in [1.29, 1.82) is 5.26 Å². The van der Waals surface area contributed by atoms with Crippen molar-refractivity contribution in [2.75, 3.05) is 19.0 Å². The van der Waals surface area contributed by atoms with Crippen molar-refractivity contribution >= 4 is 34.0 Å². The van der Waals surface area contributed by atoms with Crippen LogP contribution in [0.15, 0.2) is 84.9 Å². The standard InChI is InChI=1S/C29H24N2O3/c1-20-10-13-24(14-11-20)31-29(32)19-34-27-15-12-21(17-28(27)33-2)16-23(18-30)26-9-5-7-22-6-3-4-8-25(22)26/h3-17H,19H2,1-2H3,(H,31,32)/b23-16-. The molecule has 0 fully saturated rings. The van der Waals surface area contributed by atoms with Gasteiger partial charge in [-0.15, -0.1) is 0 Å². The van der Waals surface area contributed by atoms with Gasteiger partial charge in [0.1, 0.15) is 0 Å². The van der Waals surface area contributed by atoms with Crippen LogP contribution in [0.2, 0.25) is 0 Å². The molecule has 168 valence electrons. The number of hydrogen-bond donors (Lipinski definition) is 1. The first-order valence-electron chi connectivity index (χ1n) is 10.8. The van der Waals surface area contributed by atoms with Crippen LogP contribution in [0.4, 0.5) is 5.69 Å². The van der Waals surface area contributed by atoms with Crippen LogP contribution in [0.25, 0.3) is 22.4 Å². The minimum Gasteiger partial charge on any atom is -0.493 e. The molecule has 0 radical (unpaired) electrons. The van der Waals surface area contributed by atoms with Crippen molar-refractivity contribution in [3.8, 4) is 17.6 Å². The molecule has 0 heterocycles. The van der Waals surface area contributed by atoms with Crippen molar-refractivity contribution in [2.45, 2.75) is 6.92 Å².